The molecule has 0 saturated heterocycles. The molecule has 0 atom stereocenters. The van der Waals surface area contributed by atoms with Crippen molar-refractivity contribution in [1.82, 2.24) is 0 Å². The maximum absolute atomic E-state index is 12.2. The minimum absolute atomic E-state index is 0.112. The van der Waals surface area contributed by atoms with Crippen LogP contribution in [0.2, 0.25) is 0 Å². The third kappa shape index (κ3) is 4.60. The SMILES string of the molecule is CCCc1ccc(C(=O)Nc2ccc(OCCN)cc2)cc1. The molecule has 2 rings (SSSR count). The first-order valence-electron chi connectivity index (χ1n) is 7.56. The largest absolute Gasteiger partial charge is 0.492 e. The van der Waals surface area contributed by atoms with Crippen molar-refractivity contribution in [2.45, 2.75) is 19.8 Å². The van der Waals surface area contributed by atoms with Gasteiger partial charge < -0.3 is 15.8 Å². The first-order chi connectivity index (χ1) is 10.7. The van der Waals surface area contributed by atoms with Gasteiger partial charge in [0.25, 0.3) is 5.91 Å². The van der Waals surface area contributed by atoms with Crippen molar-refractivity contribution in [3.63, 3.8) is 0 Å². The highest BCUT2D eigenvalue weighted by Gasteiger charge is 2.06. The normalized spacial score (nSPS) is 10.3. The van der Waals surface area contributed by atoms with Gasteiger partial charge >= 0.3 is 0 Å². The van der Waals surface area contributed by atoms with Gasteiger partial charge in [0.2, 0.25) is 0 Å². The minimum Gasteiger partial charge on any atom is -0.492 e. The fraction of sp³-hybridized carbons (Fsp3) is 0.278. The Bertz CT molecular complexity index is 591. The molecule has 0 aliphatic carbocycles. The molecule has 2 aromatic rings. The molecule has 0 unspecified atom stereocenters. The average molecular weight is 298 g/mol. The van der Waals surface area contributed by atoms with Gasteiger partial charge in [0, 0.05) is 17.8 Å². The van der Waals surface area contributed by atoms with Crippen LogP contribution in [0.5, 0.6) is 5.75 Å². The number of hydrogen-bond donors (Lipinski definition) is 2. The van der Waals surface area contributed by atoms with E-state index < -0.39 is 0 Å². The molecular weight excluding hydrogens is 276 g/mol. The summed E-state index contributed by atoms with van der Waals surface area (Å²) >= 11 is 0. The van der Waals surface area contributed by atoms with Gasteiger partial charge in [-0.2, -0.15) is 0 Å². The molecular formula is C18H22N2O2. The molecule has 0 fully saturated rings. The summed E-state index contributed by atoms with van der Waals surface area (Å²) in [5.74, 6) is 0.631. The van der Waals surface area contributed by atoms with Crippen LogP contribution in [0.1, 0.15) is 29.3 Å². The van der Waals surface area contributed by atoms with Crippen molar-refractivity contribution in [3.05, 3.63) is 59.7 Å². The van der Waals surface area contributed by atoms with Crippen molar-refractivity contribution >= 4 is 11.6 Å². The third-order valence-electron chi connectivity index (χ3n) is 3.25. The quantitative estimate of drug-likeness (QED) is 0.825. The summed E-state index contributed by atoms with van der Waals surface area (Å²) in [5.41, 5.74) is 8.03. The number of hydrogen-bond acceptors (Lipinski definition) is 3. The summed E-state index contributed by atoms with van der Waals surface area (Å²) in [7, 11) is 0. The average Bonchev–Trinajstić information content (AvgIpc) is 2.55. The number of anilines is 1. The first kappa shape index (κ1) is 16.0. The molecule has 0 aromatic heterocycles. The minimum atomic E-state index is -0.112. The van der Waals surface area contributed by atoms with E-state index >= 15 is 0 Å². The summed E-state index contributed by atoms with van der Waals surface area (Å²) in [6, 6.07) is 15.0. The lowest BCUT2D eigenvalue weighted by molar-refractivity contribution is 0.102. The number of ether oxygens (including phenoxy) is 1. The van der Waals surface area contributed by atoms with E-state index in [1.165, 1.54) is 5.56 Å². The molecule has 0 heterocycles. The number of aryl methyl sites for hydroxylation is 1. The second-order valence-electron chi connectivity index (χ2n) is 5.06. The number of benzene rings is 2. The highest BCUT2D eigenvalue weighted by atomic mass is 16.5. The third-order valence-corrected chi connectivity index (χ3v) is 3.25. The van der Waals surface area contributed by atoms with Crippen molar-refractivity contribution in [2.75, 3.05) is 18.5 Å². The zero-order valence-corrected chi connectivity index (χ0v) is 12.8. The molecule has 0 aliphatic heterocycles. The lowest BCUT2D eigenvalue weighted by Crippen LogP contribution is -2.12. The zero-order valence-electron chi connectivity index (χ0n) is 12.8. The van der Waals surface area contributed by atoms with E-state index in [0.29, 0.717) is 18.7 Å². The highest BCUT2D eigenvalue weighted by Crippen LogP contribution is 2.16. The van der Waals surface area contributed by atoms with E-state index in [-0.39, 0.29) is 5.91 Å². The standard InChI is InChI=1S/C18H22N2O2/c1-2-3-14-4-6-15(7-5-14)18(21)20-16-8-10-17(11-9-16)22-13-12-19/h4-11H,2-3,12-13,19H2,1H3,(H,20,21). The van der Waals surface area contributed by atoms with Gasteiger partial charge in [-0.25, -0.2) is 0 Å². The molecule has 0 aliphatic rings. The van der Waals surface area contributed by atoms with E-state index in [0.717, 1.165) is 24.3 Å². The molecule has 2 aromatic carbocycles. The van der Waals surface area contributed by atoms with Gasteiger partial charge in [-0.1, -0.05) is 25.5 Å². The van der Waals surface area contributed by atoms with Crippen LogP contribution < -0.4 is 15.8 Å². The van der Waals surface area contributed by atoms with Crippen LogP contribution in [-0.2, 0) is 6.42 Å². The molecule has 22 heavy (non-hydrogen) atoms. The van der Waals surface area contributed by atoms with E-state index in [9.17, 15) is 4.79 Å². The first-order valence-corrected chi connectivity index (χ1v) is 7.56. The van der Waals surface area contributed by atoms with E-state index in [1.54, 1.807) is 0 Å². The Hall–Kier alpha value is -2.33. The van der Waals surface area contributed by atoms with E-state index in [4.69, 9.17) is 10.5 Å². The molecule has 0 radical (unpaired) electrons. The lowest BCUT2D eigenvalue weighted by Gasteiger charge is -2.08. The van der Waals surface area contributed by atoms with Gasteiger partial charge in [0.15, 0.2) is 0 Å². The fourth-order valence-electron chi connectivity index (χ4n) is 2.13. The number of carbonyl (C=O) groups excluding carboxylic acids is 1. The number of nitrogens with one attached hydrogen (secondary N) is 1. The maximum Gasteiger partial charge on any atom is 0.255 e. The summed E-state index contributed by atoms with van der Waals surface area (Å²) in [6.45, 7) is 3.10. The second-order valence-corrected chi connectivity index (χ2v) is 5.06. The Kier molecular flexibility index (Phi) is 5.98. The van der Waals surface area contributed by atoms with Crippen LogP contribution in [0, 0.1) is 0 Å². The van der Waals surface area contributed by atoms with Crippen LogP contribution in [0.4, 0.5) is 5.69 Å². The fourth-order valence-corrected chi connectivity index (χ4v) is 2.13. The number of nitrogens with two attached hydrogens (primary N) is 1. The molecule has 4 heteroatoms. The van der Waals surface area contributed by atoms with Crippen LogP contribution in [0.25, 0.3) is 0 Å². The number of rotatable bonds is 7. The van der Waals surface area contributed by atoms with E-state index in [1.807, 2.05) is 48.5 Å². The van der Waals surface area contributed by atoms with Gasteiger partial charge in [-0.05, 0) is 48.4 Å². The maximum atomic E-state index is 12.2. The van der Waals surface area contributed by atoms with Crippen LogP contribution >= 0.6 is 0 Å². The summed E-state index contributed by atoms with van der Waals surface area (Å²) in [6.07, 6.45) is 2.14. The Morgan fingerprint density at radius 2 is 1.77 bits per heavy atom. The van der Waals surface area contributed by atoms with Gasteiger partial charge in [-0.15, -0.1) is 0 Å². The summed E-state index contributed by atoms with van der Waals surface area (Å²) in [4.78, 5) is 12.2. The van der Waals surface area contributed by atoms with Gasteiger partial charge in [0.05, 0.1) is 0 Å². The second kappa shape index (κ2) is 8.20. The van der Waals surface area contributed by atoms with Crippen LogP contribution in [-0.4, -0.2) is 19.1 Å². The number of amides is 1. The zero-order chi connectivity index (χ0) is 15.8. The predicted octanol–water partition coefficient (Wildman–Crippen LogP) is 3.23. The van der Waals surface area contributed by atoms with Crippen molar-refractivity contribution in [1.29, 1.82) is 0 Å². The molecule has 3 N–H and O–H groups in total. The Morgan fingerprint density at radius 1 is 1.09 bits per heavy atom. The van der Waals surface area contributed by atoms with Crippen LogP contribution in [0.3, 0.4) is 0 Å². The molecule has 0 spiro atoms. The Balaban J connectivity index is 1.96. The van der Waals surface area contributed by atoms with Crippen molar-refractivity contribution in [3.8, 4) is 5.75 Å². The molecule has 0 saturated carbocycles. The molecule has 0 bridgehead atoms. The van der Waals surface area contributed by atoms with E-state index in [2.05, 4.69) is 12.2 Å². The molecule has 1 amide bonds. The van der Waals surface area contributed by atoms with Gasteiger partial charge in [-0.3, -0.25) is 4.79 Å². The smallest absolute Gasteiger partial charge is 0.255 e. The topological polar surface area (TPSA) is 64.3 Å². The summed E-state index contributed by atoms with van der Waals surface area (Å²) in [5, 5.41) is 2.87. The van der Waals surface area contributed by atoms with Crippen molar-refractivity contribution < 1.29 is 9.53 Å². The van der Waals surface area contributed by atoms with Crippen molar-refractivity contribution in [2.24, 2.45) is 5.73 Å². The molecule has 4 nitrogen and oxygen atoms in total. The molecule has 116 valence electrons. The predicted molar refractivity (Wildman–Crippen MR) is 89.4 cm³/mol. The Morgan fingerprint density at radius 3 is 2.36 bits per heavy atom. The number of carbonyl (C=O) groups is 1. The van der Waals surface area contributed by atoms with Gasteiger partial charge in [0.1, 0.15) is 12.4 Å². The lowest BCUT2D eigenvalue weighted by atomic mass is 10.1. The highest BCUT2D eigenvalue weighted by molar-refractivity contribution is 6.04. The summed E-state index contributed by atoms with van der Waals surface area (Å²) < 4.78 is 5.40. The van der Waals surface area contributed by atoms with Crippen LogP contribution in [0.15, 0.2) is 48.5 Å². The monoisotopic (exact) mass is 298 g/mol. The Labute approximate surface area is 131 Å².